The summed E-state index contributed by atoms with van der Waals surface area (Å²) in [4.78, 5) is 12.7. The number of aliphatic hydroxyl groups is 1. The van der Waals surface area contributed by atoms with Gasteiger partial charge in [0.1, 0.15) is 5.71 Å². The smallest absolute Gasteiger partial charge is 0.368 e. The van der Waals surface area contributed by atoms with E-state index >= 15 is 0 Å². The van der Waals surface area contributed by atoms with E-state index in [1.165, 1.54) is 6.07 Å². The molecule has 23 heavy (non-hydrogen) atoms. The lowest BCUT2D eigenvalue weighted by Gasteiger charge is -2.41. The summed E-state index contributed by atoms with van der Waals surface area (Å²) in [6, 6.07) is 6.51. The van der Waals surface area contributed by atoms with Gasteiger partial charge in [-0.15, -0.1) is 0 Å². The van der Waals surface area contributed by atoms with Crippen LogP contribution in [0.2, 0.25) is 0 Å². The lowest BCUT2D eigenvalue weighted by Crippen LogP contribution is -2.55. The number of nitrogens with zero attached hydrogens (tertiary/aromatic N) is 2. The number of rotatable bonds is 1. The fourth-order valence-corrected chi connectivity index (χ4v) is 2.43. The summed E-state index contributed by atoms with van der Waals surface area (Å²) in [7, 11) is 0. The maximum absolute atomic E-state index is 13.0. The third-order valence-electron chi connectivity index (χ3n) is 4.08. The molecule has 126 valence electrons. The highest BCUT2D eigenvalue weighted by molar-refractivity contribution is 6.00. The van der Waals surface area contributed by atoms with Gasteiger partial charge in [-0.25, -0.2) is 0 Å². The van der Waals surface area contributed by atoms with Crippen molar-refractivity contribution in [1.29, 1.82) is 0 Å². The maximum atomic E-state index is 13.0. The molecule has 1 aliphatic heterocycles. The van der Waals surface area contributed by atoms with E-state index in [0.717, 1.165) is 0 Å². The zero-order chi connectivity index (χ0) is 17.6. The molecule has 0 bridgehead atoms. The molecule has 1 heterocycles. The second-order valence-corrected chi connectivity index (χ2v) is 6.72. The summed E-state index contributed by atoms with van der Waals surface area (Å²) in [5, 5.41) is 14.8. The zero-order valence-electron chi connectivity index (χ0n) is 13.4. The molecule has 0 unspecified atom stereocenters. The molecular weight excluding hydrogens is 309 g/mol. The van der Waals surface area contributed by atoms with Crippen molar-refractivity contribution in [1.82, 2.24) is 5.01 Å². The molecule has 0 aliphatic carbocycles. The van der Waals surface area contributed by atoms with Gasteiger partial charge in [0.2, 0.25) is 0 Å². The van der Waals surface area contributed by atoms with E-state index in [2.05, 4.69) is 5.10 Å². The van der Waals surface area contributed by atoms with Crippen LogP contribution < -0.4 is 0 Å². The summed E-state index contributed by atoms with van der Waals surface area (Å²) in [6.07, 6.45) is -5.45. The largest absolute Gasteiger partial charge is 0.431 e. The zero-order valence-corrected chi connectivity index (χ0v) is 13.4. The molecule has 0 saturated carbocycles. The van der Waals surface area contributed by atoms with Crippen molar-refractivity contribution in [3.8, 4) is 0 Å². The average molecular weight is 328 g/mol. The van der Waals surface area contributed by atoms with Gasteiger partial charge in [-0.3, -0.25) is 4.79 Å². The molecule has 2 rings (SSSR count). The van der Waals surface area contributed by atoms with E-state index in [1.54, 1.807) is 45.9 Å². The molecule has 1 amide bonds. The molecule has 1 atom stereocenters. The second-order valence-electron chi connectivity index (χ2n) is 6.72. The van der Waals surface area contributed by atoms with Gasteiger partial charge in [0.05, 0.1) is 0 Å². The van der Waals surface area contributed by atoms with Crippen molar-refractivity contribution >= 4 is 11.6 Å². The maximum Gasteiger partial charge on any atom is 0.431 e. The quantitative estimate of drug-likeness (QED) is 0.858. The fraction of sp³-hybridized carbons (Fsp3) is 0.500. The van der Waals surface area contributed by atoms with E-state index in [0.29, 0.717) is 10.6 Å². The predicted octanol–water partition coefficient (Wildman–Crippen LogP) is 3.49. The van der Waals surface area contributed by atoms with Gasteiger partial charge in [0.15, 0.2) is 5.72 Å². The number of halogens is 3. The number of carbonyl (C=O) groups excluding carboxylic acids is 1. The van der Waals surface area contributed by atoms with Crippen LogP contribution in [0.4, 0.5) is 13.2 Å². The van der Waals surface area contributed by atoms with Crippen LogP contribution in [-0.2, 0) is 0 Å². The average Bonchev–Trinajstić information content (AvgIpc) is 2.77. The highest BCUT2D eigenvalue weighted by Crippen LogP contribution is 2.44. The molecule has 1 aromatic carbocycles. The SMILES string of the molecule is Cc1ccccc1C(=O)N1N=C(C(F)(F)F)C[C@@]1(O)C(C)(C)C. The minimum atomic E-state index is -4.69. The molecule has 0 saturated heterocycles. The van der Waals surface area contributed by atoms with Crippen molar-refractivity contribution in [2.45, 2.75) is 46.0 Å². The van der Waals surface area contributed by atoms with Gasteiger partial charge in [-0.05, 0) is 18.6 Å². The number of benzene rings is 1. The van der Waals surface area contributed by atoms with Crippen LogP contribution in [-0.4, -0.2) is 33.6 Å². The number of hydrogen-bond donors (Lipinski definition) is 1. The summed E-state index contributed by atoms with van der Waals surface area (Å²) in [5.74, 6) is -0.750. The number of hydrazone groups is 1. The summed E-state index contributed by atoms with van der Waals surface area (Å²) in [5.41, 5.74) is -3.40. The van der Waals surface area contributed by atoms with E-state index in [-0.39, 0.29) is 5.56 Å². The Morgan fingerprint density at radius 2 is 1.83 bits per heavy atom. The first kappa shape index (κ1) is 17.5. The van der Waals surface area contributed by atoms with Gasteiger partial charge in [0.25, 0.3) is 5.91 Å². The van der Waals surface area contributed by atoms with Crippen molar-refractivity contribution in [2.75, 3.05) is 0 Å². The Kier molecular flexibility index (Phi) is 4.05. The van der Waals surface area contributed by atoms with E-state index < -0.39 is 35.4 Å². The van der Waals surface area contributed by atoms with Crippen LogP contribution in [0.25, 0.3) is 0 Å². The summed E-state index contributed by atoms with van der Waals surface area (Å²) >= 11 is 0. The number of alkyl halides is 3. The van der Waals surface area contributed by atoms with Crippen molar-refractivity contribution < 1.29 is 23.1 Å². The van der Waals surface area contributed by atoms with Crippen LogP contribution in [0.1, 0.15) is 43.1 Å². The lowest BCUT2D eigenvalue weighted by molar-refractivity contribution is -0.144. The number of aryl methyl sites for hydroxylation is 1. The number of hydrogen-bond acceptors (Lipinski definition) is 3. The predicted molar refractivity (Wildman–Crippen MR) is 79.9 cm³/mol. The van der Waals surface area contributed by atoms with Crippen LogP contribution in [0.15, 0.2) is 29.4 Å². The molecule has 1 aliphatic rings. The Balaban J connectivity index is 2.53. The monoisotopic (exact) mass is 328 g/mol. The molecule has 0 spiro atoms. The van der Waals surface area contributed by atoms with Gasteiger partial charge in [-0.2, -0.15) is 23.3 Å². The summed E-state index contributed by atoms with van der Waals surface area (Å²) < 4.78 is 39.1. The second kappa shape index (κ2) is 5.33. The highest BCUT2D eigenvalue weighted by atomic mass is 19.4. The topological polar surface area (TPSA) is 52.9 Å². The standard InChI is InChI=1S/C16H19F3N2O2/c1-10-7-5-6-8-11(10)13(22)21-15(23,14(2,3)4)9-12(20-21)16(17,18)19/h5-8,23H,9H2,1-4H3/t15-/m1/s1. The third-order valence-corrected chi connectivity index (χ3v) is 4.08. The molecule has 1 N–H and O–H groups in total. The molecule has 4 nitrogen and oxygen atoms in total. The normalized spacial score (nSPS) is 22.3. The van der Waals surface area contributed by atoms with Crippen molar-refractivity contribution in [3.63, 3.8) is 0 Å². The molecule has 0 fully saturated rings. The first-order valence-corrected chi connectivity index (χ1v) is 7.15. The van der Waals surface area contributed by atoms with Crippen LogP contribution in [0, 0.1) is 12.3 Å². The van der Waals surface area contributed by atoms with Gasteiger partial charge in [-0.1, -0.05) is 39.0 Å². The molecular formula is C16H19F3N2O2. The molecule has 0 aromatic heterocycles. The lowest BCUT2D eigenvalue weighted by atomic mass is 9.79. The van der Waals surface area contributed by atoms with Gasteiger partial charge < -0.3 is 5.11 Å². The first-order chi connectivity index (χ1) is 10.4. The van der Waals surface area contributed by atoms with Gasteiger partial charge in [0, 0.05) is 17.4 Å². The van der Waals surface area contributed by atoms with E-state index in [9.17, 15) is 23.1 Å². The molecule has 7 heteroatoms. The Hall–Kier alpha value is -1.89. The van der Waals surface area contributed by atoms with Crippen LogP contribution in [0.5, 0.6) is 0 Å². The number of amides is 1. The number of carbonyl (C=O) groups is 1. The Labute approximate surface area is 132 Å². The molecule has 1 aromatic rings. The highest BCUT2D eigenvalue weighted by Gasteiger charge is 2.57. The third kappa shape index (κ3) is 2.97. The van der Waals surface area contributed by atoms with Gasteiger partial charge >= 0.3 is 6.18 Å². The fourth-order valence-electron chi connectivity index (χ4n) is 2.43. The minimum absolute atomic E-state index is 0.211. The van der Waals surface area contributed by atoms with E-state index in [1.807, 2.05) is 0 Å². The Morgan fingerprint density at radius 3 is 2.30 bits per heavy atom. The van der Waals surface area contributed by atoms with E-state index in [4.69, 9.17) is 0 Å². The van der Waals surface area contributed by atoms with Crippen LogP contribution >= 0.6 is 0 Å². The Morgan fingerprint density at radius 1 is 1.26 bits per heavy atom. The Bertz CT molecular complexity index is 662. The summed E-state index contributed by atoms with van der Waals surface area (Å²) in [6.45, 7) is 6.38. The molecule has 0 radical (unpaired) electrons. The first-order valence-electron chi connectivity index (χ1n) is 7.15. The minimum Gasteiger partial charge on any atom is -0.368 e. The van der Waals surface area contributed by atoms with Crippen molar-refractivity contribution in [2.24, 2.45) is 10.5 Å². The van der Waals surface area contributed by atoms with Crippen molar-refractivity contribution in [3.05, 3.63) is 35.4 Å². The van der Waals surface area contributed by atoms with Crippen LogP contribution in [0.3, 0.4) is 0 Å².